The van der Waals surface area contributed by atoms with Crippen LogP contribution in [-0.4, -0.2) is 19.7 Å². The predicted molar refractivity (Wildman–Crippen MR) is 80.8 cm³/mol. The molecule has 3 rings (SSSR count). The van der Waals surface area contributed by atoms with Crippen molar-refractivity contribution in [1.82, 2.24) is 0 Å². The molecule has 0 spiro atoms. The van der Waals surface area contributed by atoms with Gasteiger partial charge < -0.3 is 8.92 Å². The van der Waals surface area contributed by atoms with Crippen LogP contribution in [0.5, 0.6) is 11.5 Å². The Labute approximate surface area is 141 Å². The molecule has 0 saturated heterocycles. The summed E-state index contributed by atoms with van der Waals surface area (Å²) in [5.74, 6) is -0.181. The second kappa shape index (κ2) is 6.07. The maximum atomic E-state index is 12.3. The lowest BCUT2D eigenvalue weighted by Gasteiger charge is -2.25. The van der Waals surface area contributed by atoms with E-state index in [0.717, 1.165) is 12.1 Å². The fourth-order valence-electron chi connectivity index (χ4n) is 2.37. The maximum Gasteiger partial charge on any atom is 0.534 e. The number of ketones is 1. The van der Waals surface area contributed by atoms with Gasteiger partial charge in [-0.05, 0) is 29.8 Å². The molecule has 9 heteroatoms. The maximum absolute atomic E-state index is 12.3. The third-order valence-electron chi connectivity index (χ3n) is 3.57. The summed E-state index contributed by atoms with van der Waals surface area (Å²) in [6.07, 6.45) is -0.548. The molecule has 0 N–H and O–H groups in total. The lowest BCUT2D eigenvalue weighted by atomic mass is 9.96. The van der Waals surface area contributed by atoms with Crippen molar-refractivity contribution in [3.05, 3.63) is 59.7 Å². The molecule has 0 bridgehead atoms. The molecular weight excluding hydrogens is 361 g/mol. The molecule has 132 valence electrons. The Morgan fingerprint density at radius 2 is 1.68 bits per heavy atom. The number of carbonyl (C=O) groups excluding carboxylic acids is 1. The second-order valence-electron chi connectivity index (χ2n) is 5.28. The topological polar surface area (TPSA) is 69.7 Å². The van der Waals surface area contributed by atoms with E-state index in [2.05, 4.69) is 4.18 Å². The highest BCUT2D eigenvalue weighted by Crippen LogP contribution is 2.35. The van der Waals surface area contributed by atoms with E-state index < -0.39 is 27.5 Å². The highest BCUT2D eigenvalue weighted by atomic mass is 32.2. The van der Waals surface area contributed by atoms with Crippen LogP contribution in [0.2, 0.25) is 0 Å². The van der Waals surface area contributed by atoms with Crippen LogP contribution >= 0.6 is 0 Å². The fourth-order valence-corrected chi connectivity index (χ4v) is 2.83. The summed E-state index contributed by atoms with van der Waals surface area (Å²) in [4.78, 5) is 12.1. The van der Waals surface area contributed by atoms with Crippen LogP contribution in [0.15, 0.2) is 48.5 Å². The van der Waals surface area contributed by atoms with Gasteiger partial charge in [0.25, 0.3) is 0 Å². The summed E-state index contributed by atoms with van der Waals surface area (Å²) in [5.41, 5.74) is -4.52. The minimum absolute atomic E-state index is 0.0675. The third-order valence-corrected chi connectivity index (χ3v) is 4.55. The number of hydrogen-bond donors (Lipinski definition) is 0. The van der Waals surface area contributed by atoms with Crippen LogP contribution in [0.3, 0.4) is 0 Å². The van der Waals surface area contributed by atoms with Crippen molar-refractivity contribution in [2.24, 2.45) is 0 Å². The summed E-state index contributed by atoms with van der Waals surface area (Å²) in [7, 11) is -5.72. The van der Waals surface area contributed by atoms with E-state index in [-0.39, 0.29) is 12.2 Å². The molecule has 1 aliphatic rings. The van der Waals surface area contributed by atoms with E-state index in [4.69, 9.17) is 4.74 Å². The Hall–Kier alpha value is -2.55. The number of benzene rings is 2. The van der Waals surface area contributed by atoms with Gasteiger partial charge in [0.15, 0.2) is 5.78 Å². The molecular formula is C16H11F3O5S. The highest BCUT2D eigenvalue weighted by molar-refractivity contribution is 7.88. The molecule has 1 atom stereocenters. The average Bonchev–Trinajstić information content (AvgIpc) is 2.54. The van der Waals surface area contributed by atoms with E-state index in [1.807, 2.05) is 0 Å². The van der Waals surface area contributed by atoms with Crippen LogP contribution in [0, 0.1) is 0 Å². The quantitative estimate of drug-likeness (QED) is 0.608. The van der Waals surface area contributed by atoms with E-state index in [1.54, 1.807) is 24.3 Å². The molecule has 0 fully saturated rings. The molecule has 25 heavy (non-hydrogen) atoms. The van der Waals surface area contributed by atoms with Crippen molar-refractivity contribution in [3.8, 4) is 11.5 Å². The van der Waals surface area contributed by atoms with Gasteiger partial charge in [0.1, 0.15) is 17.6 Å². The van der Waals surface area contributed by atoms with Gasteiger partial charge in [0.2, 0.25) is 0 Å². The molecule has 0 radical (unpaired) electrons. The zero-order valence-electron chi connectivity index (χ0n) is 12.5. The van der Waals surface area contributed by atoms with Gasteiger partial charge in [-0.15, -0.1) is 0 Å². The smallest absolute Gasteiger partial charge is 0.484 e. The monoisotopic (exact) mass is 372 g/mol. The van der Waals surface area contributed by atoms with Gasteiger partial charge in [0, 0.05) is 0 Å². The molecule has 1 aliphatic heterocycles. The van der Waals surface area contributed by atoms with Crippen molar-refractivity contribution in [2.75, 3.05) is 0 Å². The molecule has 0 saturated carbocycles. The zero-order valence-corrected chi connectivity index (χ0v) is 13.3. The van der Waals surface area contributed by atoms with E-state index in [9.17, 15) is 26.4 Å². The minimum Gasteiger partial charge on any atom is -0.484 e. The first-order valence-electron chi connectivity index (χ1n) is 7.07. The van der Waals surface area contributed by atoms with E-state index >= 15 is 0 Å². The first kappa shape index (κ1) is 17.3. The number of Topliss-reactive ketones (excluding diaryl/α,β-unsaturated/α-hetero) is 1. The standard InChI is InChI=1S/C16H11F3O5S/c17-16(18,19)25(21,22)24-11-7-5-10(6-8-11)15-9-13(20)12-3-1-2-4-14(12)23-15/h1-8,15H,9H2. The SMILES string of the molecule is O=C1CC(c2ccc(OS(=O)(=O)C(F)(F)F)cc2)Oc2ccccc21. The summed E-state index contributed by atoms with van der Waals surface area (Å²) in [5, 5.41) is 0. The van der Waals surface area contributed by atoms with Gasteiger partial charge in [-0.25, -0.2) is 0 Å². The van der Waals surface area contributed by atoms with Crippen LogP contribution in [0.25, 0.3) is 0 Å². The molecule has 2 aromatic carbocycles. The predicted octanol–water partition coefficient (Wildman–Crippen LogP) is 3.62. The average molecular weight is 372 g/mol. The van der Waals surface area contributed by atoms with Crippen LogP contribution in [0.1, 0.15) is 28.4 Å². The Bertz CT molecular complexity index is 904. The lowest BCUT2D eigenvalue weighted by molar-refractivity contribution is -0.0500. The normalized spacial score (nSPS) is 17.6. The van der Waals surface area contributed by atoms with Gasteiger partial charge >= 0.3 is 15.6 Å². The Balaban J connectivity index is 1.79. The number of halogens is 3. The van der Waals surface area contributed by atoms with E-state index in [0.29, 0.717) is 16.9 Å². The zero-order chi connectivity index (χ0) is 18.2. The van der Waals surface area contributed by atoms with Crippen LogP contribution in [-0.2, 0) is 10.1 Å². The molecule has 0 aromatic heterocycles. The van der Waals surface area contributed by atoms with Gasteiger partial charge in [0.05, 0.1) is 12.0 Å². The summed E-state index contributed by atoms with van der Waals surface area (Å²) in [6, 6.07) is 11.6. The lowest BCUT2D eigenvalue weighted by Crippen LogP contribution is -2.28. The van der Waals surface area contributed by atoms with Crippen molar-refractivity contribution >= 4 is 15.9 Å². The molecule has 1 unspecified atom stereocenters. The van der Waals surface area contributed by atoms with Crippen LogP contribution in [0.4, 0.5) is 13.2 Å². The summed E-state index contributed by atoms with van der Waals surface area (Å²) in [6.45, 7) is 0. The van der Waals surface area contributed by atoms with Gasteiger partial charge in [-0.2, -0.15) is 21.6 Å². The van der Waals surface area contributed by atoms with Gasteiger partial charge in [-0.3, -0.25) is 4.79 Å². The Morgan fingerprint density at radius 3 is 2.32 bits per heavy atom. The summed E-state index contributed by atoms with van der Waals surface area (Å²) < 4.78 is 68.6. The Kier molecular flexibility index (Phi) is 4.19. The molecule has 0 aliphatic carbocycles. The number of rotatable bonds is 3. The molecule has 0 amide bonds. The van der Waals surface area contributed by atoms with E-state index in [1.165, 1.54) is 12.1 Å². The number of hydrogen-bond acceptors (Lipinski definition) is 5. The number of alkyl halides is 3. The van der Waals surface area contributed by atoms with Crippen LogP contribution < -0.4 is 8.92 Å². The number of para-hydroxylation sites is 1. The van der Waals surface area contributed by atoms with Crippen molar-refractivity contribution < 1.29 is 35.3 Å². The molecule has 5 nitrogen and oxygen atoms in total. The van der Waals surface area contributed by atoms with Crippen molar-refractivity contribution in [3.63, 3.8) is 0 Å². The second-order valence-corrected chi connectivity index (χ2v) is 6.82. The van der Waals surface area contributed by atoms with Gasteiger partial charge in [-0.1, -0.05) is 24.3 Å². The highest BCUT2D eigenvalue weighted by Gasteiger charge is 2.48. The largest absolute Gasteiger partial charge is 0.534 e. The first-order chi connectivity index (χ1) is 11.7. The molecule has 2 aromatic rings. The number of fused-ring (bicyclic) bond motifs is 1. The minimum atomic E-state index is -5.72. The number of ether oxygens (including phenoxy) is 1. The van der Waals surface area contributed by atoms with Crippen molar-refractivity contribution in [1.29, 1.82) is 0 Å². The molecule has 1 heterocycles. The third kappa shape index (κ3) is 3.46. The number of carbonyl (C=O) groups is 1. The first-order valence-corrected chi connectivity index (χ1v) is 8.48. The fraction of sp³-hybridized carbons (Fsp3) is 0.188. The van der Waals surface area contributed by atoms with Crippen molar-refractivity contribution in [2.45, 2.75) is 18.0 Å². The summed E-state index contributed by atoms with van der Waals surface area (Å²) >= 11 is 0. The Morgan fingerprint density at radius 1 is 1.04 bits per heavy atom.